The molecule has 0 aromatic carbocycles. The number of aliphatic hydroxyl groups excluding tert-OH is 1. The zero-order valence-electron chi connectivity index (χ0n) is 12.8. The summed E-state index contributed by atoms with van der Waals surface area (Å²) in [7, 11) is 1.78. The highest BCUT2D eigenvalue weighted by Crippen LogP contribution is 2.22. The first kappa shape index (κ1) is 15.0. The molecular formula is C15H25N3O2. The number of hydrogen-bond acceptors (Lipinski definition) is 3. The topological polar surface area (TPSA) is 67.2 Å². The largest absolute Gasteiger partial charge is 0.391 e. The van der Waals surface area contributed by atoms with E-state index in [1.54, 1.807) is 11.7 Å². The molecule has 1 amide bonds. The van der Waals surface area contributed by atoms with Gasteiger partial charge >= 0.3 is 0 Å². The molecule has 1 saturated carbocycles. The number of rotatable bonds is 2. The van der Waals surface area contributed by atoms with Gasteiger partial charge in [0.1, 0.15) is 5.69 Å². The molecule has 0 aliphatic heterocycles. The molecule has 1 aliphatic rings. The van der Waals surface area contributed by atoms with E-state index in [1.807, 2.05) is 6.07 Å². The van der Waals surface area contributed by atoms with E-state index in [-0.39, 0.29) is 17.4 Å². The number of nitrogens with zero attached hydrogens (tertiary/aromatic N) is 2. The summed E-state index contributed by atoms with van der Waals surface area (Å²) in [6.07, 6.45) is 3.28. The van der Waals surface area contributed by atoms with Crippen molar-refractivity contribution in [3.8, 4) is 0 Å². The van der Waals surface area contributed by atoms with Crippen LogP contribution in [0.15, 0.2) is 6.07 Å². The number of carbonyl (C=O) groups is 1. The zero-order chi connectivity index (χ0) is 14.9. The maximum absolute atomic E-state index is 12.3. The minimum atomic E-state index is -0.428. The van der Waals surface area contributed by atoms with E-state index in [4.69, 9.17) is 0 Å². The Morgan fingerprint density at radius 1 is 1.40 bits per heavy atom. The Morgan fingerprint density at radius 2 is 2.05 bits per heavy atom. The smallest absolute Gasteiger partial charge is 0.269 e. The summed E-state index contributed by atoms with van der Waals surface area (Å²) in [5.41, 5.74) is 1.36. The Bertz CT molecular complexity index is 488. The SMILES string of the molecule is Cn1nc(C(C)(C)C)cc1C(=O)NC1CCCCC1O. The highest BCUT2D eigenvalue weighted by atomic mass is 16.3. The van der Waals surface area contributed by atoms with Gasteiger partial charge in [-0.05, 0) is 18.9 Å². The standard InChI is InChI=1S/C15H25N3O2/c1-15(2,3)13-9-11(18(4)17-13)14(20)16-10-7-5-6-8-12(10)19/h9-10,12,19H,5-8H2,1-4H3,(H,16,20). The fraction of sp³-hybridized carbons (Fsp3) is 0.733. The second-order valence-electron chi connectivity index (χ2n) is 6.72. The summed E-state index contributed by atoms with van der Waals surface area (Å²) < 4.78 is 1.62. The predicted molar refractivity (Wildman–Crippen MR) is 77.6 cm³/mol. The average molecular weight is 279 g/mol. The van der Waals surface area contributed by atoms with Crippen LogP contribution >= 0.6 is 0 Å². The Kier molecular flexibility index (Phi) is 4.18. The van der Waals surface area contributed by atoms with Crippen molar-refractivity contribution in [3.05, 3.63) is 17.5 Å². The van der Waals surface area contributed by atoms with Crippen molar-refractivity contribution in [2.24, 2.45) is 7.05 Å². The lowest BCUT2D eigenvalue weighted by molar-refractivity contribution is 0.0710. The molecule has 2 atom stereocenters. The third kappa shape index (κ3) is 3.20. The van der Waals surface area contributed by atoms with Crippen molar-refractivity contribution in [3.63, 3.8) is 0 Å². The van der Waals surface area contributed by atoms with Crippen LogP contribution in [-0.4, -0.2) is 32.9 Å². The first-order valence-corrected chi connectivity index (χ1v) is 7.32. The number of aromatic nitrogens is 2. The molecule has 1 aromatic rings. The number of aliphatic hydroxyl groups is 1. The molecule has 0 spiro atoms. The summed E-state index contributed by atoms with van der Waals surface area (Å²) in [5.74, 6) is -0.151. The van der Waals surface area contributed by atoms with Gasteiger partial charge in [0.05, 0.1) is 17.8 Å². The van der Waals surface area contributed by atoms with Crippen LogP contribution < -0.4 is 5.32 Å². The van der Waals surface area contributed by atoms with Gasteiger partial charge in [-0.2, -0.15) is 5.10 Å². The van der Waals surface area contributed by atoms with Crippen molar-refractivity contribution in [1.29, 1.82) is 0 Å². The third-order valence-electron chi connectivity index (χ3n) is 3.93. The highest BCUT2D eigenvalue weighted by Gasteiger charge is 2.27. The van der Waals surface area contributed by atoms with Crippen molar-refractivity contribution in [2.45, 2.75) is 64.0 Å². The van der Waals surface area contributed by atoms with Crippen molar-refractivity contribution in [1.82, 2.24) is 15.1 Å². The zero-order valence-corrected chi connectivity index (χ0v) is 12.8. The van der Waals surface area contributed by atoms with Gasteiger partial charge in [-0.3, -0.25) is 9.48 Å². The summed E-state index contributed by atoms with van der Waals surface area (Å²) >= 11 is 0. The number of aryl methyl sites for hydroxylation is 1. The van der Waals surface area contributed by atoms with Gasteiger partial charge in [0.15, 0.2) is 0 Å². The average Bonchev–Trinajstić information content (AvgIpc) is 2.74. The van der Waals surface area contributed by atoms with E-state index in [0.29, 0.717) is 5.69 Å². The summed E-state index contributed by atoms with van der Waals surface area (Å²) in [4.78, 5) is 12.3. The lowest BCUT2D eigenvalue weighted by Crippen LogP contribution is -2.45. The molecule has 1 aromatic heterocycles. The van der Waals surface area contributed by atoms with Gasteiger partial charge in [-0.25, -0.2) is 0 Å². The summed E-state index contributed by atoms with van der Waals surface area (Å²) in [6.45, 7) is 6.21. The second kappa shape index (κ2) is 5.56. The van der Waals surface area contributed by atoms with Gasteiger partial charge in [-0.1, -0.05) is 33.6 Å². The van der Waals surface area contributed by atoms with Crippen LogP contribution in [0.25, 0.3) is 0 Å². The van der Waals surface area contributed by atoms with E-state index in [0.717, 1.165) is 31.4 Å². The van der Waals surface area contributed by atoms with Crippen LogP contribution in [0.1, 0.15) is 62.6 Å². The van der Waals surface area contributed by atoms with Crippen LogP contribution in [0.4, 0.5) is 0 Å². The Morgan fingerprint density at radius 3 is 2.60 bits per heavy atom. The second-order valence-corrected chi connectivity index (χ2v) is 6.72. The molecule has 5 nitrogen and oxygen atoms in total. The maximum atomic E-state index is 12.3. The molecule has 1 aliphatic carbocycles. The van der Waals surface area contributed by atoms with Crippen LogP contribution in [0.5, 0.6) is 0 Å². The molecule has 1 heterocycles. The molecule has 2 N–H and O–H groups in total. The monoisotopic (exact) mass is 279 g/mol. The van der Waals surface area contributed by atoms with Gasteiger partial charge in [0, 0.05) is 12.5 Å². The van der Waals surface area contributed by atoms with Crippen molar-refractivity contribution in [2.75, 3.05) is 0 Å². The Labute approximate surface area is 120 Å². The van der Waals surface area contributed by atoms with Crippen LogP contribution in [-0.2, 0) is 12.5 Å². The molecule has 2 unspecified atom stereocenters. The number of nitrogens with one attached hydrogen (secondary N) is 1. The molecule has 1 fully saturated rings. The van der Waals surface area contributed by atoms with Crippen LogP contribution in [0.2, 0.25) is 0 Å². The number of carbonyl (C=O) groups excluding carboxylic acids is 1. The minimum Gasteiger partial charge on any atom is -0.391 e. The van der Waals surface area contributed by atoms with E-state index in [2.05, 4.69) is 31.2 Å². The quantitative estimate of drug-likeness (QED) is 0.866. The Balaban J connectivity index is 2.11. The summed E-state index contributed by atoms with van der Waals surface area (Å²) in [6, 6.07) is 1.70. The number of hydrogen-bond donors (Lipinski definition) is 2. The Hall–Kier alpha value is -1.36. The molecule has 20 heavy (non-hydrogen) atoms. The molecule has 0 bridgehead atoms. The lowest BCUT2D eigenvalue weighted by Gasteiger charge is -2.28. The van der Waals surface area contributed by atoms with Crippen LogP contribution in [0, 0.1) is 0 Å². The molecule has 112 valence electrons. The normalized spacial score (nSPS) is 23.6. The van der Waals surface area contributed by atoms with E-state index >= 15 is 0 Å². The molecule has 5 heteroatoms. The van der Waals surface area contributed by atoms with E-state index < -0.39 is 6.10 Å². The van der Waals surface area contributed by atoms with Crippen molar-refractivity contribution < 1.29 is 9.90 Å². The molecule has 2 rings (SSSR count). The van der Waals surface area contributed by atoms with Gasteiger partial charge < -0.3 is 10.4 Å². The first-order valence-electron chi connectivity index (χ1n) is 7.32. The number of amides is 1. The third-order valence-corrected chi connectivity index (χ3v) is 3.93. The van der Waals surface area contributed by atoms with Gasteiger partial charge in [-0.15, -0.1) is 0 Å². The van der Waals surface area contributed by atoms with Gasteiger partial charge in [0.2, 0.25) is 0 Å². The van der Waals surface area contributed by atoms with Crippen LogP contribution in [0.3, 0.4) is 0 Å². The molecule has 0 saturated heterocycles. The molecule has 0 radical (unpaired) electrons. The molecular weight excluding hydrogens is 254 g/mol. The van der Waals surface area contributed by atoms with E-state index in [1.165, 1.54) is 0 Å². The minimum absolute atomic E-state index is 0.0827. The fourth-order valence-corrected chi connectivity index (χ4v) is 2.57. The highest BCUT2D eigenvalue weighted by molar-refractivity contribution is 5.93. The predicted octanol–water partition coefficient (Wildman–Crippen LogP) is 1.75. The maximum Gasteiger partial charge on any atom is 0.269 e. The lowest BCUT2D eigenvalue weighted by atomic mass is 9.91. The van der Waals surface area contributed by atoms with Crippen molar-refractivity contribution >= 4 is 5.91 Å². The van der Waals surface area contributed by atoms with E-state index in [9.17, 15) is 9.90 Å². The van der Waals surface area contributed by atoms with Gasteiger partial charge in [0.25, 0.3) is 5.91 Å². The fourth-order valence-electron chi connectivity index (χ4n) is 2.57. The summed E-state index contributed by atoms with van der Waals surface area (Å²) in [5, 5.41) is 17.3. The first-order chi connectivity index (χ1) is 9.29.